The molecule has 74 valence electrons. The molecule has 1 aromatic carbocycles. The molecule has 2 aliphatic rings. The van der Waals surface area contributed by atoms with E-state index >= 15 is 0 Å². The highest BCUT2D eigenvalue weighted by atomic mass is 35.5. The van der Waals surface area contributed by atoms with Gasteiger partial charge >= 0.3 is 0 Å². The molecule has 2 heterocycles. The predicted octanol–water partition coefficient (Wildman–Crippen LogP) is 2.30. The molecule has 5 heteroatoms. The van der Waals surface area contributed by atoms with Crippen molar-refractivity contribution in [2.45, 2.75) is 0 Å². The summed E-state index contributed by atoms with van der Waals surface area (Å²) in [4.78, 5) is 3.04. The molecule has 0 bridgehead atoms. The lowest BCUT2D eigenvalue weighted by Gasteiger charge is -2.07. The second-order valence-corrected chi connectivity index (χ2v) is 3.69. The first kappa shape index (κ1) is 8.49. The van der Waals surface area contributed by atoms with Gasteiger partial charge < -0.3 is 10.7 Å². The molecule has 2 aliphatic heterocycles. The van der Waals surface area contributed by atoms with Crippen molar-refractivity contribution >= 4 is 28.2 Å². The van der Waals surface area contributed by atoms with Crippen molar-refractivity contribution in [3.8, 4) is 11.3 Å². The molecule has 0 aromatic heterocycles. The van der Waals surface area contributed by atoms with Crippen molar-refractivity contribution in [3.63, 3.8) is 0 Å². The van der Waals surface area contributed by atoms with Gasteiger partial charge in [0.25, 0.3) is 0 Å². The van der Waals surface area contributed by atoms with E-state index in [0.717, 1.165) is 16.5 Å². The molecule has 4 nitrogen and oxygen atoms in total. The van der Waals surface area contributed by atoms with E-state index in [0.29, 0.717) is 16.5 Å². The number of aromatic nitrogens is 3. The Balaban J connectivity index is 2.61. The van der Waals surface area contributed by atoms with Gasteiger partial charge in [-0.2, -0.15) is 5.10 Å². The van der Waals surface area contributed by atoms with Gasteiger partial charge in [0.2, 0.25) is 0 Å². The van der Waals surface area contributed by atoms with Crippen molar-refractivity contribution in [2.24, 2.45) is 0 Å². The number of nitrogen functional groups attached to an aromatic ring is 1. The number of benzene rings is 1. The lowest BCUT2D eigenvalue weighted by Crippen LogP contribution is -1.93. The number of aromatic amines is 1. The zero-order valence-electron chi connectivity index (χ0n) is 7.66. The average molecular weight is 219 g/mol. The fourth-order valence-corrected chi connectivity index (χ4v) is 2.00. The zero-order valence-corrected chi connectivity index (χ0v) is 8.42. The van der Waals surface area contributed by atoms with Crippen LogP contribution >= 0.6 is 11.6 Å². The van der Waals surface area contributed by atoms with Crippen LogP contribution in [0, 0.1) is 0 Å². The first-order valence-electron chi connectivity index (χ1n) is 4.44. The molecule has 1 aromatic rings. The van der Waals surface area contributed by atoms with E-state index in [9.17, 15) is 0 Å². The van der Waals surface area contributed by atoms with Gasteiger partial charge in [0.1, 0.15) is 10.8 Å². The lowest BCUT2D eigenvalue weighted by atomic mass is 10.1. The van der Waals surface area contributed by atoms with Gasteiger partial charge in [-0.3, -0.25) is 0 Å². The Morgan fingerprint density at radius 3 is 3.07 bits per heavy atom. The Bertz CT molecular complexity index is 616. The van der Waals surface area contributed by atoms with Crippen LogP contribution in [0.3, 0.4) is 0 Å². The number of hydrogen-bond acceptors (Lipinski definition) is 3. The molecule has 15 heavy (non-hydrogen) atoms. The highest BCUT2D eigenvalue weighted by Gasteiger charge is 2.16. The Labute approximate surface area is 90.4 Å². The maximum absolute atomic E-state index is 6.03. The molecular weight excluding hydrogens is 212 g/mol. The Morgan fingerprint density at radius 2 is 2.20 bits per heavy atom. The Kier molecular flexibility index (Phi) is 1.61. The fraction of sp³-hybridized carbons (Fsp3) is 0. The van der Waals surface area contributed by atoms with Crippen molar-refractivity contribution in [1.29, 1.82) is 0 Å². The van der Waals surface area contributed by atoms with Crippen molar-refractivity contribution in [1.82, 2.24) is 15.2 Å². The molecule has 0 aliphatic carbocycles. The Hall–Kier alpha value is -1.81. The summed E-state index contributed by atoms with van der Waals surface area (Å²) >= 11 is 6.03. The molecule has 3 rings (SSSR count). The smallest absolute Gasteiger partial charge is 0.135 e. The van der Waals surface area contributed by atoms with Crippen LogP contribution < -0.4 is 5.73 Å². The molecule has 0 spiro atoms. The topological polar surface area (TPSA) is 67.6 Å². The van der Waals surface area contributed by atoms with E-state index in [1.54, 1.807) is 6.20 Å². The number of nitrogens with zero attached hydrogens (tertiary/aromatic N) is 2. The Morgan fingerprint density at radius 1 is 1.33 bits per heavy atom. The minimum absolute atomic E-state index is 0.487. The third-order valence-electron chi connectivity index (χ3n) is 2.42. The summed E-state index contributed by atoms with van der Waals surface area (Å²) in [6.45, 7) is 0. The van der Waals surface area contributed by atoms with Crippen LogP contribution in [0.2, 0.25) is 5.15 Å². The van der Waals surface area contributed by atoms with Crippen LogP contribution in [0.5, 0.6) is 0 Å². The van der Waals surface area contributed by atoms with Crippen LogP contribution in [0.4, 0.5) is 5.69 Å². The number of rotatable bonds is 0. The maximum atomic E-state index is 6.03. The number of hydrogen-bond donors (Lipinski definition) is 2. The monoisotopic (exact) mass is 218 g/mol. The van der Waals surface area contributed by atoms with Gasteiger partial charge in [-0.15, -0.1) is 5.10 Å². The largest absolute Gasteiger partial charge is 0.398 e. The van der Waals surface area contributed by atoms with E-state index in [1.807, 2.05) is 18.2 Å². The minimum Gasteiger partial charge on any atom is -0.398 e. The summed E-state index contributed by atoms with van der Waals surface area (Å²) in [7, 11) is 0. The molecule has 0 fully saturated rings. The predicted molar refractivity (Wildman–Crippen MR) is 59.9 cm³/mol. The van der Waals surface area contributed by atoms with Gasteiger partial charge in [-0.25, -0.2) is 0 Å². The van der Waals surface area contributed by atoms with Gasteiger partial charge in [0, 0.05) is 22.2 Å². The van der Waals surface area contributed by atoms with Crippen LogP contribution in [-0.2, 0) is 0 Å². The summed E-state index contributed by atoms with van der Waals surface area (Å²) in [5, 5.41) is 9.19. The molecule has 0 saturated carbocycles. The van der Waals surface area contributed by atoms with E-state index in [-0.39, 0.29) is 0 Å². The SMILES string of the molecule is Nc1cccc2[nH]c(Cl)c3nncc-3c12. The highest BCUT2D eigenvalue weighted by Crippen LogP contribution is 2.35. The molecule has 0 unspecified atom stereocenters. The van der Waals surface area contributed by atoms with Crippen LogP contribution in [0.25, 0.3) is 22.2 Å². The van der Waals surface area contributed by atoms with Gasteiger partial charge in [0.05, 0.1) is 6.20 Å². The van der Waals surface area contributed by atoms with Crippen molar-refractivity contribution < 1.29 is 0 Å². The summed E-state index contributed by atoms with van der Waals surface area (Å²) in [5.74, 6) is 0. The van der Waals surface area contributed by atoms with E-state index in [2.05, 4.69) is 15.2 Å². The molecule has 3 N–H and O–H groups in total. The van der Waals surface area contributed by atoms with E-state index in [4.69, 9.17) is 17.3 Å². The van der Waals surface area contributed by atoms with Crippen molar-refractivity contribution in [3.05, 3.63) is 29.5 Å². The highest BCUT2D eigenvalue weighted by molar-refractivity contribution is 6.33. The quantitative estimate of drug-likeness (QED) is 0.449. The fourth-order valence-electron chi connectivity index (χ4n) is 1.76. The van der Waals surface area contributed by atoms with Gasteiger partial charge in [-0.1, -0.05) is 17.7 Å². The minimum atomic E-state index is 0.487. The first-order valence-corrected chi connectivity index (χ1v) is 4.82. The number of anilines is 1. The number of nitrogens with two attached hydrogens (primary N) is 1. The van der Waals surface area contributed by atoms with Crippen LogP contribution in [0.15, 0.2) is 24.4 Å². The van der Waals surface area contributed by atoms with Crippen LogP contribution in [0.1, 0.15) is 0 Å². The summed E-state index contributed by atoms with van der Waals surface area (Å²) in [6.07, 6.45) is 1.67. The molecule has 0 amide bonds. The summed E-state index contributed by atoms with van der Waals surface area (Å²) < 4.78 is 0. The molecular formula is C10H7ClN4. The number of nitrogens with one attached hydrogen (secondary N) is 1. The number of H-pyrrole nitrogens is 1. The average Bonchev–Trinajstić information content (AvgIpc) is 2.66. The first-order chi connectivity index (χ1) is 7.27. The van der Waals surface area contributed by atoms with Gasteiger partial charge in [-0.05, 0) is 12.1 Å². The van der Waals surface area contributed by atoms with E-state index < -0.39 is 0 Å². The normalized spacial score (nSPS) is 11.3. The molecule has 0 saturated heterocycles. The lowest BCUT2D eigenvalue weighted by molar-refractivity contribution is 1.10. The molecule has 0 atom stereocenters. The number of halogens is 1. The van der Waals surface area contributed by atoms with Gasteiger partial charge in [0.15, 0.2) is 0 Å². The number of fused-ring (bicyclic) bond motifs is 3. The standard InChI is InChI=1S/C10H7ClN4/c11-10-9-5(4-13-15-9)8-6(12)2-1-3-7(8)14-10/h1-4,14H,12H2. The number of pyridine rings is 1. The van der Waals surface area contributed by atoms with E-state index in [1.165, 1.54) is 0 Å². The summed E-state index contributed by atoms with van der Waals surface area (Å²) in [6, 6.07) is 5.64. The second kappa shape index (κ2) is 2.84. The third kappa shape index (κ3) is 1.08. The molecule has 0 radical (unpaired) electrons. The maximum Gasteiger partial charge on any atom is 0.135 e. The zero-order chi connectivity index (χ0) is 10.4. The summed E-state index contributed by atoms with van der Waals surface area (Å²) in [5.41, 5.74) is 9.03. The van der Waals surface area contributed by atoms with Crippen molar-refractivity contribution in [2.75, 3.05) is 5.73 Å². The second-order valence-electron chi connectivity index (χ2n) is 3.32. The third-order valence-corrected chi connectivity index (χ3v) is 2.69. The van der Waals surface area contributed by atoms with Crippen LogP contribution in [-0.4, -0.2) is 15.2 Å².